The van der Waals surface area contributed by atoms with E-state index in [1.165, 1.54) is 29.4 Å². The fourth-order valence-corrected chi connectivity index (χ4v) is 4.98. The van der Waals surface area contributed by atoms with Crippen LogP contribution in [0, 0.1) is 29.9 Å². The van der Waals surface area contributed by atoms with Gasteiger partial charge in [-0.3, -0.25) is 19.5 Å². The zero-order chi connectivity index (χ0) is 25.6. The van der Waals surface area contributed by atoms with Crippen molar-refractivity contribution in [1.82, 2.24) is 9.97 Å². The molecule has 0 bridgehead atoms. The van der Waals surface area contributed by atoms with Gasteiger partial charge in [0.05, 0.1) is 35.5 Å². The molecular formula is C25H18F2N6O2S. The molecule has 1 saturated carbocycles. The highest BCUT2D eigenvalue weighted by molar-refractivity contribution is 7.81. The number of carbonyl (C=O) groups excluding carboxylic acids is 2. The van der Waals surface area contributed by atoms with Gasteiger partial charge in [-0.05, 0) is 68.2 Å². The molecule has 1 aromatic carbocycles. The molecule has 180 valence electrons. The molecule has 2 aliphatic rings. The lowest BCUT2D eigenvalue weighted by Crippen LogP contribution is -2.55. The molecule has 0 atom stereocenters. The van der Waals surface area contributed by atoms with Crippen molar-refractivity contribution in [3.8, 4) is 6.07 Å². The van der Waals surface area contributed by atoms with Crippen LogP contribution in [0.15, 0.2) is 48.9 Å². The van der Waals surface area contributed by atoms with E-state index < -0.39 is 23.1 Å². The Morgan fingerprint density at radius 2 is 1.94 bits per heavy atom. The quantitative estimate of drug-likeness (QED) is 0.530. The van der Waals surface area contributed by atoms with Gasteiger partial charge in [0.15, 0.2) is 5.11 Å². The number of hydrogen-bond donors (Lipinski definition) is 1. The van der Waals surface area contributed by atoms with Crippen LogP contribution in [0.25, 0.3) is 0 Å². The Bertz CT molecular complexity index is 1480. The van der Waals surface area contributed by atoms with Gasteiger partial charge in [-0.15, -0.1) is 0 Å². The molecule has 2 aromatic heterocycles. The smallest absolute Gasteiger partial charge is 0.259 e. The van der Waals surface area contributed by atoms with Gasteiger partial charge in [-0.1, -0.05) is 0 Å². The average Bonchev–Trinajstić information content (AvgIpc) is 3.05. The zero-order valence-corrected chi connectivity index (χ0v) is 19.8. The van der Waals surface area contributed by atoms with E-state index in [1.54, 1.807) is 17.9 Å². The predicted molar refractivity (Wildman–Crippen MR) is 131 cm³/mol. The maximum atomic E-state index is 15.1. The summed E-state index contributed by atoms with van der Waals surface area (Å²) in [5.41, 5.74) is 0.475. The highest BCUT2D eigenvalue weighted by atomic mass is 32.1. The number of benzene rings is 1. The molecule has 1 aliphatic carbocycles. The van der Waals surface area contributed by atoms with Crippen LogP contribution in [0.3, 0.4) is 0 Å². The van der Waals surface area contributed by atoms with Gasteiger partial charge in [0.2, 0.25) is 0 Å². The second-order valence-electron chi connectivity index (χ2n) is 8.62. The monoisotopic (exact) mass is 504 g/mol. The summed E-state index contributed by atoms with van der Waals surface area (Å²) < 4.78 is 28.5. The van der Waals surface area contributed by atoms with Gasteiger partial charge in [0.1, 0.15) is 28.9 Å². The molecule has 36 heavy (non-hydrogen) atoms. The molecule has 1 aliphatic heterocycles. The van der Waals surface area contributed by atoms with E-state index in [4.69, 9.17) is 12.2 Å². The molecule has 2 fully saturated rings. The summed E-state index contributed by atoms with van der Waals surface area (Å²) in [5.74, 6) is -2.48. The first-order valence-electron chi connectivity index (χ1n) is 11.0. The van der Waals surface area contributed by atoms with Crippen LogP contribution in [-0.2, 0) is 4.79 Å². The van der Waals surface area contributed by atoms with Crippen molar-refractivity contribution < 1.29 is 18.4 Å². The largest absolute Gasteiger partial charge is 0.320 e. The van der Waals surface area contributed by atoms with Crippen LogP contribution in [0.2, 0.25) is 0 Å². The van der Waals surface area contributed by atoms with Gasteiger partial charge >= 0.3 is 0 Å². The molecule has 11 heteroatoms. The maximum absolute atomic E-state index is 15.1. The Balaban J connectivity index is 1.47. The molecule has 0 radical (unpaired) electrons. The van der Waals surface area contributed by atoms with Gasteiger partial charge in [0.25, 0.3) is 11.8 Å². The van der Waals surface area contributed by atoms with Gasteiger partial charge < -0.3 is 10.2 Å². The van der Waals surface area contributed by atoms with E-state index in [9.17, 15) is 19.2 Å². The van der Waals surface area contributed by atoms with Crippen molar-refractivity contribution in [2.24, 2.45) is 0 Å². The van der Waals surface area contributed by atoms with Gasteiger partial charge in [0, 0.05) is 11.8 Å². The number of anilines is 3. The average molecular weight is 505 g/mol. The molecule has 1 spiro atoms. The van der Waals surface area contributed by atoms with E-state index >= 15 is 4.39 Å². The Labute approximate surface area is 210 Å². The number of amides is 2. The predicted octanol–water partition coefficient (Wildman–Crippen LogP) is 4.25. The molecule has 5 rings (SSSR count). The van der Waals surface area contributed by atoms with Crippen molar-refractivity contribution in [3.63, 3.8) is 0 Å². The van der Waals surface area contributed by atoms with Crippen LogP contribution in [0.1, 0.15) is 40.9 Å². The van der Waals surface area contributed by atoms with Crippen LogP contribution in [0.5, 0.6) is 0 Å². The number of nitrogens with one attached hydrogen (secondary N) is 1. The summed E-state index contributed by atoms with van der Waals surface area (Å²) in [6.45, 7) is 1.72. The van der Waals surface area contributed by atoms with Crippen molar-refractivity contribution in [2.45, 2.75) is 31.7 Å². The number of carbonyl (C=O) groups is 2. The number of nitrogens with zero attached hydrogens (tertiary/aromatic N) is 5. The molecule has 1 saturated heterocycles. The lowest BCUT2D eigenvalue weighted by Gasteiger charge is -2.43. The number of aryl methyl sites for hydroxylation is 1. The van der Waals surface area contributed by atoms with Crippen LogP contribution < -0.4 is 15.1 Å². The number of pyridine rings is 2. The third-order valence-electron chi connectivity index (χ3n) is 6.44. The van der Waals surface area contributed by atoms with E-state index in [-0.39, 0.29) is 28.0 Å². The van der Waals surface area contributed by atoms with Gasteiger partial charge in [-0.25, -0.2) is 13.8 Å². The van der Waals surface area contributed by atoms with Crippen LogP contribution in [-0.4, -0.2) is 32.4 Å². The first-order chi connectivity index (χ1) is 17.2. The minimum atomic E-state index is -0.956. The summed E-state index contributed by atoms with van der Waals surface area (Å²) in [7, 11) is 0. The van der Waals surface area contributed by atoms with E-state index in [2.05, 4.69) is 15.3 Å². The molecule has 3 heterocycles. The minimum Gasteiger partial charge on any atom is -0.320 e. The maximum Gasteiger partial charge on any atom is 0.259 e. The van der Waals surface area contributed by atoms with E-state index in [0.717, 1.165) is 24.8 Å². The summed E-state index contributed by atoms with van der Waals surface area (Å²) >= 11 is 5.68. The van der Waals surface area contributed by atoms with Crippen molar-refractivity contribution in [2.75, 3.05) is 15.1 Å². The number of nitriles is 1. The van der Waals surface area contributed by atoms with Crippen molar-refractivity contribution in [3.05, 3.63) is 77.4 Å². The number of hydrogen-bond acceptors (Lipinski definition) is 6. The topological polar surface area (TPSA) is 102 Å². The lowest BCUT2D eigenvalue weighted by atomic mass is 9.75. The van der Waals surface area contributed by atoms with E-state index in [0.29, 0.717) is 29.8 Å². The Morgan fingerprint density at radius 1 is 1.17 bits per heavy atom. The first-order valence-corrected chi connectivity index (χ1v) is 11.4. The zero-order valence-electron chi connectivity index (χ0n) is 19.0. The highest BCUT2D eigenvalue weighted by Crippen LogP contribution is 2.48. The summed E-state index contributed by atoms with van der Waals surface area (Å²) in [6, 6.07) is 8.70. The molecule has 3 aromatic rings. The Kier molecular flexibility index (Phi) is 5.68. The third kappa shape index (κ3) is 3.67. The number of aromatic nitrogens is 2. The highest BCUT2D eigenvalue weighted by Gasteiger charge is 2.59. The van der Waals surface area contributed by atoms with Crippen LogP contribution in [0.4, 0.5) is 25.8 Å². The molecule has 0 unspecified atom stereocenters. The summed E-state index contributed by atoms with van der Waals surface area (Å²) in [6.07, 6.45) is 5.51. The van der Waals surface area contributed by atoms with Crippen LogP contribution >= 0.6 is 12.2 Å². The van der Waals surface area contributed by atoms with Crippen molar-refractivity contribution >= 4 is 46.2 Å². The second kappa shape index (κ2) is 8.73. The number of thiocarbonyl (C=S) groups is 1. The summed E-state index contributed by atoms with van der Waals surface area (Å²) in [4.78, 5) is 36.9. The fraction of sp³-hybridized carbons (Fsp3) is 0.200. The number of halogens is 2. The lowest BCUT2D eigenvalue weighted by molar-refractivity contribution is -0.123. The normalized spacial score (nSPS) is 16.2. The van der Waals surface area contributed by atoms with E-state index in [1.807, 2.05) is 6.07 Å². The van der Waals surface area contributed by atoms with Gasteiger partial charge in [-0.2, -0.15) is 5.26 Å². The number of rotatable bonds is 4. The molecule has 2 amide bonds. The minimum absolute atomic E-state index is 0.0881. The standard InChI is InChI=1S/C25H18F2N6O2S/c1-14-7-18(13-30-21(14)10-28)32-23(35)25(5-2-6-25)33(24(32)36)17-3-4-19(20(27)9-17)22(34)31-16-8-15(26)11-29-12-16/h3-4,7-9,11-13H,2,5-6H2,1H3,(H,31,34). The third-order valence-corrected chi connectivity index (χ3v) is 6.80. The summed E-state index contributed by atoms with van der Waals surface area (Å²) in [5, 5.41) is 11.7. The SMILES string of the molecule is Cc1cc(N2C(=O)C3(CCC3)N(c3ccc(C(=O)Nc4cncc(F)c4)c(F)c3)C2=S)cnc1C#N. The molecular weight excluding hydrogens is 486 g/mol. The Morgan fingerprint density at radius 3 is 2.56 bits per heavy atom. The Hall–Kier alpha value is -4.30. The van der Waals surface area contributed by atoms with Crippen molar-refractivity contribution in [1.29, 1.82) is 5.26 Å². The first kappa shape index (κ1) is 23.4. The fourth-order valence-electron chi connectivity index (χ4n) is 4.51. The molecule has 1 N–H and O–H groups in total. The molecule has 8 nitrogen and oxygen atoms in total. The second-order valence-corrected chi connectivity index (χ2v) is 8.99.